The molecular weight excluding hydrogens is 775 g/mol. The number of hydrogen-bond acceptors (Lipinski definition) is 0. The van der Waals surface area contributed by atoms with Crippen molar-refractivity contribution in [2.75, 3.05) is 0 Å². The average Bonchev–Trinajstić information content (AvgIpc) is 3.77. The molecule has 3 heteroatoms. The Labute approximate surface area is 353 Å². The van der Waals surface area contributed by atoms with Gasteiger partial charge in [-0.15, -0.1) is 39.7 Å². The molecule has 1 atom stereocenters. The van der Waals surface area contributed by atoms with Gasteiger partial charge >= 0.3 is 99.2 Å². The second-order valence-electron chi connectivity index (χ2n) is 17.4. The fourth-order valence-electron chi connectivity index (χ4n) is 7.72. The number of rotatable bonds is 3. The van der Waals surface area contributed by atoms with E-state index in [4.69, 9.17) is 0 Å². The first kappa shape index (κ1) is 43.8. The van der Waals surface area contributed by atoms with Crippen molar-refractivity contribution in [3.8, 4) is 0 Å². The Bertz CT molecular complexity index is 2100. The van der Waals surface area contributed by atoms with Crippen LogP contribution in [0.3, 0.4) is 0 Å². The molecule has 3 aliphatic rings. The van der Waals surface area contributed by atoms with E-state index in [1.807, 2.05) is 0 Å². The SMILES string of the molecule is CC1=CCC(C)(C)c2cc3[cH-]c4cc5c(cc4c3cc21)C(C)=CCC5(C)C.CCC1[C-]=CC(C(C)(C)C)=C1.[Cl-].[Cl-].[Zr+2]=[C](c1ccccc1)c1ccccc1. The zero-order valence-corrected chi connectivity index (χ0v) is 37.9. The first-order chi connectivity index (χ1) is 24.6. The Balaban J connectivity index is 0.000000203. The van der Waals surface area contributed by atoms with Crippen LogP contribution in [0.4, 0.5) is 0 Å². The molecule has 3 aliphatic carbocycles. The molecular formula is C51H56Cl2Zr-2. The predicted molar refractivity (Wildman–Crippen MR) is 225 cm³/mol. The van der Waals surface area contributed by atoms with Crippen molar-refractivity contribution in [1.82, 2.24) is 0 Å². The summed E-state index contributed by atoms with van der Waals surface area (Å²) in [6.07, 6.45) is 16.1. The Morgan fingerprint density at radius 1 is 0.722 bits per heavy atom. The zero-order chi connectivity index (χ0) is 37.4. The van der Waals surface area contributed by atoms with E-state index in [9.17, 15) is 0 Å². The topological polar surface area (TPSA) is 0 Å². The van der Waals surface area contributed by atoms with E-state index in [2.05, 4.69) is 191 Å². The second kappa shape index (κ2) is 17.5. The van der Waals surface area contributed by atoms with Gasteiger partial charge in [0.1, 0.15) is 0 Å². The molecule has 0 aliphatic heterocycles. The fraction of sp³-hybridized carbons (Fsp3) is 0.333. The van der Waals surface area contributed by atoms with Gasteiger partial charge in [0.15, 0.2) is 0 Å². The molecule has 54 heavy (non-hydrogen) atoms. The van der Waals surface area contributed by atoms with Gasteiger partial charge in [0.05, 0.1) is 0 Å². The summed E-state index contributed by atoms with van der Waals surface area (Å²) in [5.74, 6) is 0.573. The Morgan fingerprint density at radius 3 is 1.50 bits per heavy atom. The molecule has 0 radical (unpaired) electrons. The van der Waals surface area contributed by atoms with Gasteiger partial charge in [-0.2, -0.15) is 11.6 Å². The van der Waals surface area contributed by atoms with E-state index < -0.39 is 0 Å². The van der Waals surface area contributed by atoms with Crippen molar-refractivity contribution in [3.63, 3.8) is 0 Å². The maximum atomic E-state index is 3.35. The van der Waals surface area contributed by atoms with Crippen molar-refractivity contribution in [2.24, 2.45) is 11.3 Å². The summed E-state index contributed by atoms with van der Waals surface area (Å²) in [6, 6.07) is 33.4. The number of fused-ring (bicyclic) bond motifs is 5. The Morgan fingerprint density at radius 2 is 1.15 bits per heavy atom. The molecule has 5 aromatic carbocycles. The van der Waals surface area contributed by atoms with Crippen LogP contribution < -0.4 is 24.8 Å². The minimum absolute atomic E-state index is 0. The first-order valence-corrected chi connectivity index (χ1v) is 20.4. The van der Waals surface area contributed by atoms with Crippen LogP contribution in [-0.4, -0.2) is 3.21 Å². The zero-order valence-electron chi connectivity index (χ0n) is 33.9. The molecule has 8 rings (SSSR count). The molecule has 0 nitrogen and oxygen atoms in total. The molecule has 0 amide bonds. The van der Waals surface area contributed by atoms with E-state index in [0.717, 1.165) is 12.8 Å². The van der Waals surface area contributed by atoms with Crippen molar-refractivity contribution < 1.29 is 49.0 Å². The van der Waals surface area contributed by atoms with Crippen molar-refractivity contribution >= 4 is 35.9 Å². The first-order valence-electron chi connectivity index (χ1n) is 19.2. The average molecular weight is 831 g/mol. The van der Waals surface area contributed by atoms with Gasteiger partial charge in [-0.25, -0.2) is 6.08 Å². The van der Waals surface area contributed by atoms with E-state index in [0.29, 0.717) is 11.3 Å². The summed E-state index contributed by atoms with van der Waals surface area (Å²) >= 11 is 1.46. The molecule has 0 saturated carbocycles. The van der Waals surface area contributed by atoms with Gasteiger partial charge in [0.25, 0.3) is 0 Å². The quantitative estimate of drug-likeness (QED) is 0.162. The molecule has 0 aromatic heterocycles. The standard InChI is InChI=1S/C27H29.C13H10.C11H17.2ClH.Zr/c1-16-7-9-26(3,4)24-12-18-11-19-13-25-21(17(2)8-10-27(25,5)6)15-23(19)22(18)14-20(16)24;1-3-7-12(8-4-1)11-13-9-5-2-6-10-13;1-5-9-6-7-10(8-9)11(2,3)4;;;/h7-8,11-15H,9-10H2,1-6H3;1-10H;7-9H,5H2,1-4H3;2*1H;/q-1;;-1;;;+2/p-2. The van der Waals surface area contributed by atoms with E-state index in [1.165, 1.54) is 106 Å². The maximum absolute atomic E-state index is 3.35. The molecule has 1 unspecified atom stereocenters. The third-order valence-corrected chi connectivity index (χ3v) is 12.8. The van der Waals surface area contributed by atoms with Crippen LogP contribution in [0.5, 0.6) is 0 Å². The molecule has 0 N–H and O–H groups in total. The van der Waals surface area contributed by atoms with Gasteiger partial charge in [0, 0.05) is 0 Å². The monoisotopic (exact) mass is 828 g/mol. The van der Waals surface area contributed by atoms with Crippen molar-refractivity contribution in [1.29, 1.82) is 0 Å². The molecule has 0 bridgehead atoms. The third kappa shape index (κ3) is 9.35. The van der Waals surface area contributed by atoms with E-state index in [-0.39, 0.29) is 35.6 Å². The predicted octanol–water partition coefficient (Wildman–Crippen LogP) is 8.05. The Hall–Kier alpha value is -2.96. The summed E-state index contributed by atoms with van der Waals surface area (Å²) in [5.41, 5.74) is 13.6. The summed E-state index contributed by atoms with van der Waals surface area (Å²) in [6.45, 7) is 23.0. The number of allylic oxidation sites excluding steroid dienone is 8. The number of hydrogen-bond donors (Lipinski definition) is 0. The molecule has 0 spiro atoms. The molecule has 0 saturated heterocycles. The van der Waals surface area contributed by atoms with Crippen LogP contribution in [-0.2, 0) is 35.1 Å². The summed E-state index contributed by atoms with van der Waals surface area (Å²) in [5, 5.41) is 5.61. The van der Waals surface area contributed by atoms with Crippen LogP contribution in [0.15, 0.2) is 121 Å². The molecule has 0 fully saturated rings. The molecule has 5 aromatic rings. The van der Waals surface area contributed by atoms with Crippen molar-refractivity contribution in [3.05, 3.63) is 160 Å². The van der Waals surface area contributed by atoms with Crippen LogP contribution in [0.25, 0.3) is 32.7 Å². The van der Waals surface area contributed by atoms with Gasteiger partial charge < -0.3 is 24.8 Å². The van der Waals surface area contributed by atoms with Gasteiger partial charge in [0.2, 0.25) is 0 Å². The van der Waals surface area contributed by atoms with E-state index >= 15 is 0 Å². The Kier molecular flexibility index (Phi) is 14.1. The number of halogens is 2. The normalized spacial score (nSPS) is 17.6. The summed E-state index contributed by atoms with van der Waals surface area (Å²) in [7, 11) is 0. The fourth-order valence-corrected chi connectivity index (χ4v) is 8.54. The van der Waals surface area contributed by atoms with Gasteiger partial charge in [-0.1, -0.05) is 109 Å². The third-order valence-electron chi connectivity index (χ3n) is 11.4. The van der Waals surface area contributed by atoms with Crippen molar-refractivity contribution in [2.45, 2.75) is 99.3 Å². The van der Waals surface area contributed by atoms with Gasteiger partial charge in [-0.05, 0) is 59.8 Å². The van der Waals surface area contributed by atoms with Gasteiger partial charge in [-0.3, -0.25) is 6.08 Å². The second-order valence-corrected chi connectivity index (χ2v) is 18.6. The molecule has 280 valence electrons. The van der Waals surface area contributed by atoms with E-state index in [1.54, 1.807) is 0 Å². The van der Waals surface area contributed by atoms with Crippen LogP contribution in [0.2, 0.25) is 0 Å². The summed E-state index contributed by atoms with van der Waals surface area (Å²) < 4.78 is 1.42. The van der Waals surface area contributed by atoms with Crippen LogP contribution in [0, 0.1) is 17.4 Å². The minimum atomic E-state index is 0. The van der Waals surface area contributed by atoms with Crippen LogP contribution in [0.1, 0.15) is 122 Å². The molecule has 0 heterocycles. The summed E-state index contributed by atoms with van der Waals surface area (Å²) in [4.78, 5) is 0. The number of benzene rings is 4. The van der Waals surface area contributed by atoms with Crippen LogP contribution >= 0.6 is 0 Å².